The van der Waals surface area contributed by atoms with Gasteiger partial charge in [0.2, 0.25) is 0 Å². The number of aromatic carboxylic acids is 1. The highest BCUT2D eigenvalue weighted by molar-refractivity contribution is 5.87. The van der Waals surface area contributed by atoms with Crippen LogP contribution >= 0.6 is 0 Å². The number of carboxylic acids is 1. The van der Waals surface area contributed by atoms with Gasteiger partial charge < -0.3 is 14.6 Å². The fraction of sp³-hybridized carbons (Fsp3) is 0.562. The van der Waals surface area contributed by atoms with E-state index in [0.29, 0.717) is 12.4 Å². The Morgan fingerprint density at radius 3 is 3.00 bits per heavy atom. The Bertz CT molecular complexity index is 491. The minimum Gasteiger partial charge on any atom is -0.492 e. The number of hydrogen-bond donors (Lipinski definition) is 1. The molecule has 0 spiro atoms. The summed E-state index contributed by atoms with van der Waals surface area (Å²) in [6.45, 7) is 5.45. The number of piperidine rings is 1. The SMILES string of the molecule is COC1(C)CCCN(CCOc2cccc(C(=O)O)c2)C1. The molecule has 0 aliphatic carbocycles. The second-order valence-corrected chi connectivity index (χ2v) is 5.72. The van der Waals surface area contributed by atoms with E-state index >= 15 is 0 Å². The maximum Gasteiger partial charge on any atom is 0.335 e. The lowest BCUT2D eigenvalue weighted by molar-refractivity contribution is -0.0524. The summed E-state index contributed by atoms with van der Waals surface area (Å²) in [7, 11) is 1.76. The highest BCUT2D eigenvalue weighted by Crippen LogP contribution is 2.23. The molecule has 21 heavy (non-hydrogen) atoms. The van der Waals surface area contributed by atoms with Crippen molar-refractivity contribution in [3.8, 4) is 5.75 Å². The minimum atomic E-state index is -0.938. The third-order valence-corrected chi connectivity index (χ3v) is 3.99. The number of ether oxygens (including phenoxy) is 2. The summed E-state index contributed by atoms with van der Waals surface area (Å²) in [6.07, 6.45) is 2.21. The summed E-state index contributed by atoms with van der Waals surface area (Å²) in [5, 5.41) is 8.95. The molecule has 1 N–H and O–H groups in total. The molecule has 5 heteroatoms. The molecule has 0 aromatic heterocycles. The molecule has 2 rings (SSSR count). The Morgan fingerprint density at radius 2 is 2.29 bits per heavy atom. The molecular formula is C16H23NO4. The van der Waals surface area contributed by atoms with Crippen molar-refractivity contribution in [3.63, 3.8) is 0 Å². The smallest absolute Gasteiger partial charge is 0.335 e. The van der Waals surface area contributed by atoms with Crippen LogP contribution in [0.15, 0.2) is 24.3 Å². The zero-order valence-electron chi connectivity index (χ0n) is 12.7. The minimum absolute atomic E-state index is 0.0680. The Hall–Kier alpha value is -1.59. The molecule has 0 bridgehead atoms. The van der Waals surface area contributed by atoms with Crippen LogP contribution in [0.3, 0.4) is 0 Å². The summed E-state index contributed by atoms with van der Waals surface area (Å²) >= 11 is 0. The first-order valence-electron chi connectivity index (χ1n) is 7.26. The van der Waals surface area contributed by atoms with E-state index in [9.17, 15) is 4.79 Å². The average Bonchev–Trinajstić information content (AvgIpc) is 2.48. The van der Waals surface area contributed by atoms with E-state index in [2.05, 4.69) is 11.8 Å². The van der Waals surface area contributed by atoms with Gasteiger partial charge in [0.1, 0.15) is 12.4 Å². The number of hydrogen-bond acceptors (Lipinski definition) is 4. The molecule has 1 fully saturated rings. The number of rotatable bonds is 6. The Labute approximate surface area is 125 Å². The van der Waals surface area contributed by atoms with Crippen LogP contribution in [0.1, 0.15) is 30.1 Å². The molecular weight excluding hydrogens is 270 g/mol. The van der Waals surface area contributed by atoms with Crippen LogP contribution < -0.4 is 4.74 Å². The maximum atomic E-state index is 10.9. The monoisotopic (exact) mass is 293 g/mol. The fourth-order valence-corrected chi connectivity index (χ4v) is 2.68. The number of methoxy groups -OCH3 is 1. The molecule has 116 valence electrons. The number of carboxylic acid groups (broad SMARTS) is 1. The molecule has 1 aromatic rings. The van der Waals surface area contributed by atoms with E-state index in [1.165, 1.54) is 0 Å². The Balaban J connectivity index is 1.81. The van der Waals surface area contributed by atoms with Crippen LogP contribution in [0, 0.1) is 0 Å². The topological polar surface area (TPSA) is 59.0 Å². The summed E-state index contributed by atoms with van der Waals surface area (Å²) in [6, 6.07) is 6.59. The van der Waals surface area contributed by atoms with Crippen LogP contribution in [-0.2, 0) is 4.74 Å². The number of likely N-dealkylation sites (tertiary alicyclic amines) is 1. The summed E-state index contributed by atoms with van der Waals surface area (Å²) < 4.78 is 11.2. The second-order valence-electron chi connectivity index (χ2n) is 5.72. The van der Waals surface area contributed by atoms with Crippen LogP contribution in [0.2, 0.25) is 0 Å². The van der Waals surface area contributed by atoms with Gasteiger partial charge in [0.25, 0.3) is 0 Å². The van der Waals surface area contributed by atoms with Crippen molar-refractivity contribution in [2.75, 3.05) is 33.4 Å². The van der Waals surface area contributed by atoms with Gasteiger partial charge in [0.05, 0.1) is 11.2 Å². The van der Waals surface area contributed by atoms with Gasteiger partial charge in [-0.25, -0.2) is 4.79 Å². The van der Waals surface area contributed by atoms with Crippen LogP contribution in [-0.4, -0.2) is 54.9 Å². The molecule has 1 aromatic carbocycles. The number of benzene rings is 1. The highest BCUT2D eigenvalue weighted by Gasteiger charge is 2.30. The first kappa shape index (κ1) is 15.8. The predicted octanol–water partition coefficient (Wildman–Crippen LogP) is 2.26. The first-order chi connectivity index (χ1) is 10.0. The molecule has 1 aliphatic heterocycles. The molecule has 0 amide bonds. The van der Waals surface area contributed by atoms with Crippen molar-refractivity contribution in [2.24, 2.45) is 0 Å². The highest BCUT2D eigenvalue weighted by atomic mass is 16.5. The van der Waals surface area contributed by atoms with Crippen molar-refractivity contribution in [3.05, 3.63) is 29.8 Å². The number of nitrogens with zero attached hydrogens (tertiary/aromatic N) is 1. The van der Waals surface area contributed by atoms with Gasteiger partial charge in [-0.3, -0.25) is 4.90 Å². The first-order valence-corrected chi connectivity index (χ1v) is 7.26. The molecule has 1 aliphatic rings. The van der Waals surface area contributed by atoms with E-state index in [-0.39, 0.29) is 11.2 Å². The normalized spacial score (nSPS) is 23.0. The lowest BCUT2D eigenvalue weighted by Crippen LogP contribution is -2.48. The van der Waals surface area contributed by atoms with Crippen LogP contribution in [0.25, 0.3) is 0 Å². The van der Waals surface area contributed by atoms with Gasteiger partial charge in [-0.05, 0) is 44.5 Å². The van der Waals surface area contributed by atoms with Crippen LogP contribution in [0.5, 0.6) is 5.75 Å². The van der Waals surface area contributed by atoms with E-state index < -0.39 is 5.97 Å². The van der Waals surface area contributed by atoms with Gasteiger partial charge >= 0.3 is 5.97 Å². The van der Waals surface area contributed by atoms with Crippen molar-refractivity contribution in [1.29, 1.82) is 0 Å². The number of carbonyl (C=O) groups is 1. The molecule has 1 heterocycles. The quantitative estimate of drug-likeness (QED) is 0.872. The van der Waals surface area contributed by atoms with E-state index in [1.807, 2.05) is 0 Å². The molecule has 5 nitrogen and oxygen atoms in total. The Morgan fingerprint density at radius 1 is 1.48 bits per heavy atom. The van der Waals surface area contributed by atoms with E-state index in [0.717, 1.165) is 32.5 Å². The van der Waals surface area contributed by atoms with Crippen molar-refractivity contribution < 1.29 is 19.4 Å². The van der Waals surface area contributed by atoms with E-state index in [4.69, 9.17) is 14.6 Å². The van der Waals surface area contributed by atoms with Gasteiger partial charge in [-0.2, -0.15) is 0 Å². The third kappa shape index (κ3) is 4.44. The van der Waals surface area contributed by atoms with E-state index in [1.54, 1.807) is 31.4 Å². The maximum absolute atomic E-state index is 10.9. The van der Waals surface area contributed by atoms with Crippen molar-refractivity contribution >= 4 is 5.97 Å². The average molecular weight is 293 g/mol. The molecule has 0 saturated carbocycles. The summed E-state index contributed by atoms with van der Waals surface area (Å²) in [4.78, 5) is 13.2. The van der Waals surface area contributed by atoms with Gasteiger partial charge in [0.15, 0.2) is 0 Å². The second kappa shape index (κ2) is 6.91. The molecule has 0 radical (unpaired) electrons. The Kier molecular flexibility index (Phi) is 5.20. The summed E-state index contributed by atoms with van der Waals surface area (Å²) in [5.74, 6) is -0.339. The zero-order valence-corrected chi connectivity index (χ0v) is 12.7. The lowest BCUT2D eigenvalue weighted by atomic mass is 9.95. The molecule has 1 atom stereocenters. The zero-order chi connectivity index (χ0) is 15.3. The van der Waals surface area contributed by atoms with Crippen molar-refractivity contribution in [1.82, 2.24) is 4.90 Å². The molecule has 1 saturated heterocycles. The van der Waals surface area contributed by atoms with Gasteiger partial charge in [-0.1, -0.05) is 6.07 Å². The standard InChI is InChI=1S/C16H23NO4/c1-16(20-2)7-4-8-17(12-16)9-10-21-14-6-3-5-13(11-14)15(18)19/h3,5-6,11H,4,7-10,12H2,1-2H3,(H,18,19). The largest absolute Gasteiger partial charge is 0.492 e. The summed E-state index contributed by atoms with van der Waals surface area (Å²) in [5.41, 5.74) is 0.180. The van der Waals surface area contributed by atoms with Crippen LogP contribution in [0.4, 0.5) is 0 Å². The predicted molar refractivity (Wildman–Crippen MR) is 80.0 cm³/mol. The van der Waals surface area contributed by atoms with Crippen molar-refractivity contribution in [2.45, 2.75) is 25.4 Å². The fourth-order valence-electron chi connectivity index (χ4n) is 2.68. The van der Waals surface area contributed by atoms with Gasteiger partial charge in [0, 0.05) is 20.2 Å². The lowest BCUT2D eigenvalue weighted by Gasteiger charge is -2.39. The third-order valence-electron chi connectivity index (χ3n) is 3.99. The molecule has 1 unspecified atom stereocenters. The van der Waals surface area contributed by atoms with Gasteiger partial charge in [-0.15, -0.1) is 0 Å².